The Kier molecular flexibility index (Phi) is 8.13. The zero-order chi connectivity index (χ0) is 10.8. The summed E-state index contributed by atoms with van der Waals surface area (Å²) < 4.78 is 0. The highest BCUT2D eigenvalue weighted by atomic mass is 16.1. The lowest BCUT2D eigenvalue weighted by atomic mass is 10.1. The van der Waals surface area contributed by atoms with Gasteiger partial charge in [0.15, 0.2) is 0 Å². The number of likely N-dealkylation sites (N-methyl/N-ethyl adjacent to an activating group) is 1. The van der Waals surface area contributed by atoms with Gasteiger partial charge in [0.05, 0.1) is 6.54 Å². The maximum atomic E-state index is 11.0. The summed E-state index contributed by atoms with van der Waals surface area (Å²) in [5.41, 5.74) is 0. The third kappa shape index (κ3) is 9.19. The molecule has 1 amide bonds. The number of carbonyl (C=O) groups is 2. The van der Waals surface area contributed by atoms with Crippen molar-refractivity contribution < 1.29 is 9.59 Å². The monoisotopic (exact) mass is 200 g/mol. The van der Waals surface area contributed by atoms with E-state index in [0.717, 1.165) is 19.3 Å². The van der Waals surface area contributed by atoms with E-state index < -0.39 is 0 Å². The van der Waals surface area contributed by atoms with Gasteiger partial charge in [-0.15, -0.1) is 0 Å². The number of amides is 1. The van der Waals surface area contributed by atoms with Crippen LogP contribution in [0.5, 0.6) is 0 Å². The highest BCUT2D eigenvalue weighted by Gasteiger charge is 1.97. The zero-order valence-electron chi connectivity index (χ0n) is 9.06. The normalized spacial score (nSPS) is 9.86. The van der Waals surface area contributed by atoms with Crippen LogP contribution in [0.3, 0.4) is 0 Å². The fourth-order valence-corrected chi connectivity index (χ4v) is 1.13. The van der Waals surface area contributed by atoms with Gasteiger partial charge in [0.25, 0.3) is 0 Å². The number of Topliss-reactive ketones (excluding diaryl/α,β-unsaturated/α-hetero) is 1. The van der Waals surface area contributed by atoms with Gasteiger partial charge in [-0.05, 0) is 26.8 Å². The quantitative estimate of drug-likeness (QED) is 0.560. The van der Waals surface area contributed by atoms with Crippen molar-refractivity contribution in [3.05, 3.63) is 0 Å². The second kappa shape index (κ2) is 8.69. The summed E-state index contributed by atoms with van der Waals surface area (Å²) in [5.74, 6) is 0.267. The fourth-order valence-electron chi connectivity index (χ4n) is 1.13. The molecule has 0 aromatic heterocycles. The molecule has 0 spiro atoms. The van der Waals surface area contributed by atoms with E-state index in [9.17, 15) is 9.59 Å². The molecule has 0 aliphatic carbocycles. The number of ketones is 1. The second-order valence-corrected chi connectivity index (χ2v) is 3.39. The van der Waals surface area contributed by atoms with Gasteiger partial charge in [-0.2, -0.15) is 0 Å². The minimum atomic E-state index is 0.0269. The van der Waals surface area contributed by atoms with Crippen LogP contribution in [0.1, 0.15) is 32.6 Å². The smallest absolute Gasteiger partial charge is 0.233 e. The van der Waals surface area contributed by atoms with E-state index in [-0.39, 0.29) is 11.7 Å². The molecule has 0 fully saturated rings. The van der Waals surface area contributed by atoms with Gasteiger partial charge >= 0.3 is 0 Å². The molecule has 0 atom stereocenters. The summed E-state index contributed by atoms with van der Waals surface area (Å²) in [6.07, 6.45) is 3.53. The molecule has 0 aliphatic rings. The number of carbonyl (C=O) groups excluding carboxylic acids is 2. The fraction of sp³-hybridized carbons (Fsp3) is 0.800. The molecule has 0 bridgehead atoms. The third-order valence-corrected chi connectivity index (χ3v) is 1.87. The molecule has 0 saturated heterocycles. The first-order valence-electron chi connectivity index (χ1n) is 5.07. The number of nitrogens with one attached hydrogen (secondary N) is 2. The van der Waals surface area contributed by atoms with Crippen molar-refractivity contribution in [3.8, 4) is 0 Å². The lowest BCUT2D eigenvalue weighted by molar-refractivity contribution is -0.120. The topological polar surface area (TPSA) is 58.2 Å². The van der Waals surface area contributed by atoms with Crippen molar-refractivity contribution in [2.45, 2.75) is 32.6 Å². The van der Waals surface area contributed by atoms with Gasteiger partial charge in [-0.1, -0.05) is 6.42 Å². The van der Waals surface area contributed by atoms with Crippen LogP contribution in [-0.4, -0.2) is 31.8 Å². The molecule has 0 aromatic rings. The molecule has 0 heterocycles. The summed E-state index contributed by atoms with van der Waals surface area (Å²) in [4.78, 5) is 21.5. The van der Waals surface area contributed by atoms with E-state index in [2.05, 4.69) is 10.6 Å². The van der Waals surface area contributed by atoms with E-state index >= 15 is 0 Å². The molecular weight excluding hydrogens is 180 g/mol. The van der Waals surface area contributed by atoms with Crippen molar-refractivity contribution in [3.63, 3.8) is 0 Å². The molecule has 14 heavy (non-hydrogen) atoms. The summed E-state index contributed by atoms with van der Waals surface area (Å²) in [5, 5.41) is 5.56. The molecule has 2 N–H and O–H groups in total. The lowest BCUT2D eigenvalue weighted by Crippen LogP contribution is -2.32. The van der Waals surface area contributed by atoms with Gasteiger partial charge in [-0.25, -0.2) is 0 Å². The highest BCUT2D eigenvalue weighted by Crippen LogP contribution is 1.98. The summed E-state index contributed by atoms with van der Waals surface area (Å²) >= 11 is 0. The van der Waals surface area contributed by atoms with Crippen molar-refractivity contribution in [1.29, 1.82) is 0 Å². The van der Waals surface area contributed by atoms with Crippen LogP contribution in [0.4, 0.5) is 0 Å². The van der Waals surface area contributed by atoms with E-state index in [4.69, 9.17) is 0 Å². The van der Waals surface area contributed by atoms with Crippen molar-refractivity contribution in [1.82, 2.24) is 10.6 Å². The standard InChI is InChI=1S/C10H20N2O2/c1-9(13)6-4-3-5-7-12-10(14)8-11-2/h11H,3-8H2,1-2H3,(H,12,14). The van der Waals surface area contributed by atoms with Crippen molar-refractivity contribution in [2.75, 3.05) is 20.1 Å². The Bertz CT molecular complexity index is 181. The first kappa shape index (κ1) is 13.1. The molecule has 82 valence electrons. The van der Waals surface area contributed by atoms with Crippen LogP contribution in [-0.2, 0) is 9.59 Å². The van der Waals surface area contributed by atoms with E-state index in [1.54, 1.807) is 14.0 Å². The first-order chi connectivity index (χ1) is 6.66. The third-order valence-electron chi connectivity index (χ3n) is 1.87. The number of rotatable bonds is 8. The van der Waals surface area contributed by atoms with Gasteiger partial charge < -0.3 is 15.4 Å². The average Bonchev–Trinajstić information content (AvgIpc) is 2.11. The van der Waals surface area contributed by atoms with Gasteiger partial charge in [0.2, 0.25) is 5.91 Å². The van der Waals surface area contributed by atoms with Crippen LogP contribution in [0.25, 0.3) is 0 Å². The molecule has 0 radical (unpaired) electrons. The summed E-state index contributed by atoms with van der Waals surface area (Å²) in [6.45, 7) is 2.68. The van der Waals surface area contributed by atoms with Crippen LogP contribution >= 0.6 is 0 Å². The van der Waals surface area contributed by atoms with Crippen LogP contribution in [0.2, 0.25) is 0 Å². The van der Waals surface area contributed by atoms with Crippen LogP contribution in [0, 0.1) is 0 Å². The molecule has 0 saturated carbocycles. The largest absolute Gasteiger partial charge is 0.355 e. The zero-order valence-corrected chi connectivity index (χ0v) is 9.06. The Balaban J connectivity index is 3.13. The maximum Gasteiger partial charge on any atom is 0.233 e. The predicted octanol–water partition coefficient (Wildman–Crippen LogP) is 0.471. The minimum Gasteiger partial charge on any atom is -0.355 e. The Hall–Kier alpha value is -0.900. The van der Waals surface area contributed by atoms with E-state index in [1.165, 1.54) is 0 Å². The first-order valence-corrected chi connectivity index (χ1v) is 5.07. The Morgan fingerprint density at radius 2 is 1.86 bits per heavy atom. The van der Waals surface area contributed by atoms with Crippen molar-refractivity contribution >= 4 is 11.7 Å². The van der Waals surface area contributed by atoms with Gasteiger partial charge in [0.1, 0.15) is 5.78 Å². The van der Waals surface area contributed by atoms with Crippen molar-refractivity contribution in [2.24, 2.45) is 0 Å². The lowest BCUT2D eigenvalue weighted by Gasteiger charge is -2.03. The van der Waals surface area contributed by atoms with Crippen LogP contribution < -0.4 is 10.6 Å². The Morgan fingerprint density at radius 1 is 1.14 bits per heavy atom. The van der Waals surface area contributed by atoms with E-state index in [1.807, 2.05) is 0 Å². The van der Waals surface area contributed by atoms with Gasteiger partial charge in [0, 0.05) is 13.0 Å². The van der Waals surface area contributed by atoms with Gasteiger partial charge in [-0.3, -0.25) is 4.79 Å². The number of unbranched alkanes of at least 4 members (excludes halogenated alkanes) is 2. The van der Waals surface area contributed by atoms with Crippen LogP contribution in [0.15, 0.2) is 0 Å². The molecule has 0 aliphatic heterocycles. The Labute approximate surface area is 85.4 Å². The molecule has 0 unspecified atom stereocenters. The average molecular weight is 200 g/mol. The summed E-state index contributed by atoms with van der Waals surface area (Å²) in [7, 11) is 1.74. The molecular formula is C10H20N2O2. The molecule has 0 aromatic carbocycles. The number of hydrogen-bond donors (Lipinski definition) is 2. The number of hydrogen-bond acceptors (Lipinski definition) is 3. The molecule has 4 heteroatoms. The summed E-state index contributed by atoms with van der Waals surface area (Å²) in [6, 6.07) is 0. The highest BCUT2D eigenvalue weighted by molar-refractivity contribution is 5.77. The maximum absolute atomic E-state index is 11.0. The predicted molar refractivity (Wildman–Crippen MR) is 56.1 cm³/mol. The Morgan fingerprint density at radius 3 is 2.43 bits per heavy atom. The minimum absolute atomic E-state index is 0.0269. The molecule has 4 nitrogen and oxygen atoms in total. The molecule has 0 rings (SSSR count). The SMILES string of the molecule is CNCC(=O)NCCCCCC(C)=O. The second-order valence-electron chi connectivity index (χ2n) is 3.39. The van der Waals surface area contributed by atoms with E-state index in [0.29, 0.717) is 19.5 Å².